The standard InChI is InChI=1S/C15H17N3O2/c1-10-8-18(5-4-16-10)15-12-7-14-13(19-9-20-14)6-11(12)2-3-17-15/h2-3,6-7,10,16H,4-5,8-9H2,1H3/t10-/m0/s1. The molecule has 1 atom stereocenters. The third kappa shape index (κ3) is 1.86. The number of nitrogens with zero attached hydrogens (tertiary/aromatic N) is 2. The van der Waals surface area contributed by atoms with Crippen molar-refractivity contribution in [3.63, 3.8) is 0 Å². The van der Waals surface area contributed by atoms with E-state index in [1.165, 1.54) is 0 Å². The molecule has 0 aliphatic carbocycles. The van der Waals surface area contributed by atoms with Gasteiger partial charge in [0.2, 0.25) is 6.79 Å². The lowest BCUT2D eigenvalue weighted by atomic mass is 10.1. The van der Waals surface area contributed by atoms with Gasteiger partial charge in [0.1, 0.15) is 5.82 Å². The number of hydrogen-bond donors (Lipinski definition) is 1. The molecule has 5 heteroatoms. The van der Waals surface area contributed by atoms with Crippen LogP contribution in [0.5, 0.6) is 11.5 Å². The molecule has 0 unspecified atom stereocenters. The topological polar surface area (TPSA) is 46.6 Å². The Hall–Kier alpha value is -2.01. The smallest absolute Gasteiger partial charge is 0.231 e. The Labute approximate surface area is 117 Å². The van der Waals surface area contributed by atoms with Crippen molar-refractivity contribution in [1.29, 1.82) is 0 Å². The number of piperazine rings is 1. The number of hydrogen-bond acceptors (Lipinski definition) is 5. The molecule has 3 heterocycles. The molecule has 5 nitrogen and oxygen atoms in total. The van der Waals surface area contributed by atoms with Gasteiger partial charge in [-0.1, -0.05) is 0 Å². The second-order valence-corrected chi connectivity index (χ2v) is 5.36. The van der Waals surface area contributed by atoms with Crippen molar-refractivity contribution in [2.75, 3.05) is 31.3 Å². The third-order valence-electron chi connectivity index (χ3n) is 3.90. The third-order valence-corrected chi connectivity index (χ3v) is 3.90. The van der Waals surface area contributed by atoms with Gasteiger partial charge < -0.3 is 19.7 Å². The summed E-state index contributed by atoms with van der Waals surface area (Å²) in [5.41, 5.74) is 0. The van der Waals surface area contributed by atoms with E-state index in [0.29, 0.717) is 12.8 Å². The second-order valence-electron chi connectivity index (χ2n) is 5.36. The van der Waals surface area contributed by atoms with E-state index in [9.17, 15) is 0 Å². The van der Waals surface area contributed by atoms with Crippen molar-refractivity contribution in [2.45, 2.75) is 13.0 Å². The minimum atomic E-state index is 0.305. The van der Waals surface area contributed by atoms with Crippen molar-refractivity contribution in [3.05, 3.63) is 24.4 Å². The van der Waals surface area contributed by atoms with Crippen LogP contribution in [-0.2, 0) is 0 Å². The van der Waals surface area contributed by atoms with Gasteiger partial charge >= 0.3 is 0 Å². The highest BCUT2D eigenvalue weighted by molar-refractivity contribution is 5.94. The molecule has 0 amide bonds. The number of rotatable bonds is 1. The summed E-state index contributed by atoms with van der Waals surface area (Å²) in [5.74, 6) is 2.67. The number of benzene rings is 1. The molecular formula is C15H17N3O2. The zero-order chi connectivity index (χ0) is 13.5. The quantitative estimate of drug-likeness (QED) is 0.856. The SMILES string of the molecule is C[C@H]1CN(c2nccc3cc4c(cc23)OCO4)CCN1. The first-order valence-corrected chi connectivity index (χ1v) is 6.98. The van der Waals surface area contributed by atoms with Crippen LogP contribution in [0, 0.1) is 0 Å². The fourth-order valence-electron chi connectivity index (χ4n) is 2.92. The maximum atomic E-state index is 5.49. The lowest BCUT2D eigenvalue weighted by molar-refractivity contribution is 0.174. The van der Waals surface area contributed by atoms with E-state index < -0.39 is 0 Å². The Morgan fingerprint density at radius 2 is 2.15 bits per heavy atom. The summed E-state index contributed by atoms with van der Waals surface area (Å²) in [7, 11) is 0. The van der Waals surface area contributed by atoms with E-state index in [-0.39, 0.29) is 0 Å². The van der Waals surface area contributed by atoms with Gasteiger partial charge in [-0.25, -0.2) is 4.98 Å². The van der Waals surface area contributed by atoms with E-state index in [4.69, 9.17) is 9.47 Å². The van der Waals surface area contributed by atoms with Gasteiger partial charge in [-0.3, -0.25) is 0 Å². The first-order chi connectivity index (χ1) is 9.81. The average molecular weight is 271 g/mol. The molecule has 1 saturated heterocycles. The molecule has 2 aromatic rings. The Balaban J connectivity index is 1.82. The van der Waals surface area contributed by atoms with Crippen molar-refractivity contribution in [2.24, 2.45) is 0 Å². The molecule has 4 rings (SSSR count). The summed E-state index contributed by atoms with van der Waals surface area (Å²) in [6, 6.07) is 6.59. The van der Waals surface area contributed by atoms with E-state index >= 15 is 0 Å². The van der Waals surface area contributed by atoms with Crippen LogP contribution >= 0.6 is 0 Å². The fraction of sp³-hybridized carbons (Fsp3) is 0.400. The van der Waals surface area contributed by atoms with E-state index in [2.05, 4.69) is 22.1 Å². The highest BCUT2D eigenvalue weighted by Crippen LogP contribution is 2.38. The first-order valence-electron chi connectivity index (χ1n) is 6.98. The fourth-order valence-corrected chi connectivity index (χ4v) is 2.92. The molecule has 2 aliphatic heterocycles. The van der Waals surface area contributed by atoms with Crippen LogP contribution in [0.15, 0.2) is 24.4 Å². The highest BCUT2D eigenvalue weighted by atomic mass is 16.7. The van der Waals surface area contributed by atoms with Gasteiger partial charge in [-0.05, 0) is 30.5 Å². The largest absolute Gasteiger partial charge is 0.454 e. The van der Waals surface area contributed by atoms with Crippen LogP contribution in [0.25, 0.3) is 10.8 Å². The summed E-state index contributed by atoms with van der Waals surface area (Å²) < 4.78 is 10.9. The molecular weight excluding hydrogens is 254 g/mol. The normalized spacial score (nSPS) is 21.4. The first kappa shape index (κ1) is 11.8. The van der Waals surface area contributed by atoms with Gasteiger partial charge in [0.15, 0.2) is 11.5 Å². The van der Waals surface area contributed by atoms with Crippen LogP contribution in [0.4, 0.5) is 5.82 Å². The molecule has 0 bridgehead atoms. The Kier molecular flexibility index (Phi) is 2.67. The van der Waals surface area contributed by atoms with Gasteiger partial charge in [-0.15, -0.1) is 0 Å². The zero-order valence-corrected chi connectivity index (χ0v) is 11.4. The summed E-state index contributed by atoms with van der Waals surface area (Å²) in [4.78, 5) is 6.93. The average Bonchev–Trinajstić information content (AvgIpc) is 2.91. The Bertz CT molecular complexity index is 659. The predicted octanol–water partition coefficient (Wildman–Crippen LogP) is 1.76. The molecule has 20 heavy (non-hydrogen) atoms. The molecule has 2 aliphatic rings. The van der Waals surface area contributed by atoms with Crippen molar-refractivity contribution in [3.8, 4) is 11.5 Å². The highest BCUT2D eigenvalue weighted by Gasteiger charge is 2.21. The van der Waals surface area contributed by atoms with Gasteiger partial charge in [-0.2, -0.15) is 0 Å². The zero-order valence-electron chi connectivity index (χ0n) is 11.4. The number of aromatic nitrogens is 1. The lowest BCUT2D eigenvalue weighted by Crippen LogP contribution is -2.49. The van der Waals surface area contributed by atoms with Crippen LogP contribution in [-0.4, -0.2) is 37.5 Å². The van der Waals surface area contributed by atoms with Crippen molar-refractivity contribution >= 4 is 16.6 Å². The summed E-state index contributed by atoms with van der Waals surface area (Å²) in [6.45, 7) is 5.44. The van der Waals surface area contributed by atoms with E-state index in [1.807, 2.05) is 24.4 Å². The summed E-state index contributed by atoms with van der Waals surface area (Å²) in [5, 5.41) is 5.73. The molecule has 1 fully saturated rings. The van der Waals surface area contributed by atoms with Gasteiger partial charge in [0, 0.05) is 37.3 Å². The number of ether oxygens (including phenoxy) is 2. The minimum Gasteiger partial charge on any atom is -0.454 e. The monoisotopic (exact) mass is 271 g/mol. The predicted molar refractivity (Wildman–Crippen MR) is 77.5 cm³/mol. The Morgan fingerprint density at radius 1 is 1.30 bits per heavy atom. The van der Waals surface area contributed by atoms with Gasteiger partial charge in [0.05, 0.1) is 0 Å². The van der Waals surface area contributed by atoms with E-state index in [0.717, 1.165) is 47.7 Å². The van der Waals surface area contributed by atoms with Crippen molar-refractivity contribution < 1.29 is 9.47 Å². The van der Waals surface area contributed by atoms with Crippen LogP contribution in [0.1, 0.15) is 6.92 Å². The molecule has 0 saturated carbocycles. The summed E-state index contributed by atoms with van der Waals surface area (Å²) >= 11 is 0. The van der Waals surface area contributed by atoms with Crippen LogP contribution < -0.4 is 19.7 Å². The Morgan fingerprint density at radius 3 is 3.00 bits per heavy atom. The number of fused-ring (bicyclic) bond motifs is 2. The van der Waals surface area contributed by atoms with Crippen LogP contribution in [0.2, 0.25) is 0 Å². The molecule has 1 N–H and O–H groups in total. The van der Waals surface area contributed by atoms with Crippen molar-refractivity contribution in [1.82, 2.24) is 10.3 Å². The minimum absolute atomic E-state index is 0.305. The van der Waals surface area contributed by atoms with Gasteiger partial charge in [0.25, 0.3) is 0 Å². The molecule has 0 spiro atoms. The number of nitrogens with one attached hydrogen (secondary N) is 1. The molecule has 104 valence electrons. The second kappa shape index (κ2) is 4.52. The maximum Gasteiger partial charge on any atom is 0.231 e. The lowest BCUT2D eigenvalue weighted by Gasteiger charge is -2.33. The molecule has 0 radical (unpaired) electrons. The van der Waals surface area contributed by atoms with Crippen LogP contribution in [0.3, 0.4) is 0 Å². The number of pyridine rings is 1. The summed E-state index contributed by atoms with van der Waals surface area (Å²) in [6.07, 6.45) is 1.87. The maximum absolute atomic E-state index is 5.49. The van der Waals surface area contributed by atoms with E-state index in [1.54, 1.807) is 0 Å². The molecule has 1 aromatic carbocycles. The molecule has 1 aromatic heterocycles. The number of anilines is 1.